The first-order valence-electron chi connectivity index (χ1n) is 13.7. The van der Waals surface area contributed by atoms with Gasteiger partial charge in [-0.3, -0.25) is 24.1 Å². The number of hydrogen-bond acceptors (Lipinski definition) is 6. The molecule has 0 bridgehead atoms. The van der Waals surface area contributed by atoms with Crippen LogP contribution in [0.4, 0.5) is 10.2 Å². The second kappa shape index (κ2) is 10.1. The molecule has 1 aliphatic carbocycles. The van der Waals surface area contributed by atoms with E-state index in [0.29, 0.717) is 34.9 Å². The summed E-state index contributed by atoms with van der Waals surface area (Å²) in [5.74, 6) is -2.73. The van der Waals surface area contributed by atoms with Crippen molar-refractivity contribution in [3.05, 3.63) is 57.5 Å². The van der Waals surface area contributed by atoms with Crippen molar-refractivity contribution in [1.29, 1.82) is 0 Å². The van der Waals surface area contributed by atoms with Crippen LogP contribution in [0.1, 0.15) is 86.8 Å². The molecule has 3 atom stereocenters. The zero-order valence-electron chi connectivity index (χ0n) is 23.8. The van der Waals surface area contributed by atoms with Gasteiger partial charge in [0, 0.05) is 42.6 Å². The maximum Gasteiger partial charge on any atom is 0.306 e. The predicted octanol–water partition coefficient (Wildman–Crippen LogP) is 4.23. The summed E-state index contributed by atoms with van der Waals surface area (Å²) in [7, 11) is 0. The number of hydrogen-bond donors (Lipinski definition) is 1. The third-order valence-electron chi connectivity index (χ3n) is 7.99. The van der Waals surface area contributed by atoms with Gasteiger partial charge in [-0.1, -0.05) is 31.5 Å². The van der Waals surface area contributed by atoms with Crippen molar-refractivity contribution < 1.29 is 28.3 Å². The standard InChI is InChI=1S/C30H34ClFN4O5/c1-29(2,3)41-23(37)9-8-22(25(33)38)35-13-19-16(6-7-21(32)24(19)28(35)40)17-11-18(17)27(39)36-14-30(4,5)20-10-15(31)12-34-26(20)36/h6-7,10,12,17-18,22H,8-9,11,13-14H2,1-5H3,(H2,33,38)/t17-,18+,22?/m0/s1. The number of esters is 1. The van der Waals surface area contributed by atoms with E-state index in [0.717, 1.165) is 5.56 Å². The summed E-state index contributed by atoms with van der Waals surface area (Å²) in [5, 5.41) is 0.506. The van der Waals surface area contributed by atoms with Crippen LogP contribution in [-0.2, 0) is 31.1 Å². The molecule has 11 heteroatoms. The minimum absolute atomic E-state index is 0.0414. The van der Waals surface area contributed by atoms with Crippen molar-refractivity contribution in [2.75, 3.05) is 11.4 Å². The molecule has 2 aliphatic heterocycles. The Morgan fingerprint density at radius 2 is 1.98 bits per heavy atom. The number of primary amides is 1. The lowest BCUT2D eigenvalue weighted by Crippen LogP contribution is -2.45. The second-order valence-electron chi connectivity index (χ2n) is 12.7. The predicted molar refractivity (Wildman–Crippen MR) is 150 cm³/mol. The van der Waals surface area contributed by atoms with Gasteiger partial charge in [0.25, 0.3) is 5.91 Å². The molecule has 1 fully saturated rings. The zero-order valence-corrected chi connectivity index (χ0v) is 24.5. The van der Waals surface area contributed by atoms with Crippen LogP contribution in [0.2, 0.25) is 5.02 Å². The van der Waals surface area contributed by atoms with E-state index in [2.05, 4.69) is 4.98 Å². The van der Waals surface area contributed by atoms with Crippen LogP contribution in [-0.4, -0.2) is 51.8 Å². The average Bonchev–Trinajstić information content (AvgIpc) is 3.51. The number of anilines is 1. The molecule has 2 aromatic rings. The van der Waals surface area contributed by atoms with Crippen molar-refractivity contribution in [1.82, 2.24) is 9.88 Å². The quantitative estimate of drug-likeness (QED) is 0.486. The molecule has 1 aromatic carbocycles. The van der Waals surface area contributed by atoms with Gasteiger partial charge in [-0.15, -0.1) is 0 Å². The number of pyridine rings is 1. The van der Waals surface area contributed by atoms with Gasteiger partial charge in [0.2, 0.25) is 11.8 Å². The molecule has 3 heterocycles. The third-order valence-corrected chi connectivity index (χ3v) is 8.20. The molecule has 1 saturated carbocycles. The fourth-order valence-electron chi connectivity index (χ4n) is 6.02. The van der Waals surface area contributed by atoms with E-state index >= 15 is 0 Å². The fourth-order valence-corrected chi connectivity index (χ4v) is 6.17. The van der Waals surface area contributed by atoms with Gasteiger partial charge < -0.3 is 15.4 Å². The normalized spacial score (nSPS) is 21.4. The van der Waals surface area contributed by atoms with Crippen LogP contribution in [0.25, 0.3) is 0 Å². The lowest BCUT2D eigenvalue weighted by Gasteiger charge is -2.26. The SMILES string of the molecule is CC(C)(C)OC(=O)CCC(C(N)=O)N1Cc2c([C@@H]3C[C@H]3C(=O)N3CC(C)(C)c4cc(Cl)cnc43)ccc(F)c2C1=O. The molecule has 0 spiro atoms. The summed E-state index contributed by atoms with van der Waals surface area (Å²) < 4.78 is 20.3. The van der Waals surface area contributed by atoms with E-state index in [1.54, 1.807) is 31.7 Å². The maximum absolute atomic E-state index is 15.0. The monoisotopic (exact) mass is 584 g/mol. The average molecular weight is 585 g/mol. The van der Waals surface area contributed by atoms with Crippen LogP contribution in [0.15, 0.2) is 24.4 Å². The van der Waals surface area contributed by atoms with Gasteiger partial charge in [-0.05, 0) is 62.8 Å². The summed E-state index contributed by atoms with van der Waals surface area (Å²) in [6.07, 6.45) is 1.89. The minimum Gasteiger partial charge on any atom is -0.460 e. The van der Waals surface area contributed by atoms with E-state index in [-0.39, 0.29) is 48.1 Å². The van der Waals surface area contributed by atoms with Crippen LogP contribution < -0.4 is 10.6 Å². The van der Waals surface area contributed by atoms with Crippen molar-refractivity contribution in [3.8, 4) is 0 Å². The van der Waals surface area contributed by atoms with Crippen LogP contribution in [0.3, 0.4) is 0 Å². The highest BCUT2D eigenvalue weighted by Gasteiger charge is 2.52. The largest absolute Gasteiger partial charge is 0.460 e. The van der Waals surface area contributed by atoms with Gasteiger partial charge in [-0.25, -0.2) is 9.37 Å². The summed E-state index contributed by atoms with van der Waals surface area (Å²) >= 11 is 6.17. The van der Waals surface area contributed by atoms with E-state index in [9.17, 15) is 23.6 Å². The number of carbonyl (C=O) groups excluding carboxylic acids is 4. The Kier molecular flexibility index (Phi) is 7.12. The Morgan fingerprint density at radius 1 is 1.27 bits per heavy atom. The summed E-state index contributed by atoms with van der Waals surface area (Å²) in [6.45, 7) is 9.68. The molecule has 218 valence electrons. The molecule has 1 unspecified atom stereocenters. The molecule has 5 rings (SSSR count). The highest BCUT2D eigenvalue weighted by atomic mass is 35.5. The Morgan fingerprint density at radius 3 is 2.63 bits per heavy atom. The van der Waals surface area contributed by atoms with Gasteiger partial charge in [-0.2, -0.15) is 0 Å². The number of nitrogens with zero attached hydrogens (tertiary/aromatic N) is 3. The molecule has 2 N–H and O–H groups in total. The highest BCUT2D eigenvalue weighted by molar-refractivity contribution is 6.30. The molecule has 3 amide bonds. The van der Waals surface area contributed by atoms with Gasteiger partial charge >= 0.3 is 5.97 Å². The number of rotatable bonds is 7. The zero-order chi connectivity index (χ0) is 30.0. The molecule has 41 heavy (non-hydrogen) atoms. The molecule has 3 aliphatic rings. The third kappa shape index (κ3) is 5.41. The second-order valence-corrected chi connectivity index (χ2v) is 13.2. The molecule has 1 aromatic heterocycles. The number of halogens is 2. The van der Waals surface area contributed by atoms with E-state index in [4.69, 9.17) is 22.1 Å². The van der Waals surface area contributed by atoms with Crippen molar-refractivity contribution in [2.24, 2.45) is 11.7 Å². The Bertz CT molecular complexity index is 1470. The number of benzene rings is 1. The van der Waals surface area contributed by atoms with Crippen LogP contribution in [0, 0.1) is 11.7 Å². The lowest BCUT2D eigenvalue weighted by atomic mass is 9.88. The van der Waals surface area contributed by atoms with E-state index in [1.165, 1.54) is 17.2 Å². The molecule has 0 radical (unpaired) electrons. The highest BCUT2D eigenvalue weighted by Crippen LogP contribution is 2.53. The number of nitrogens with two attached hydrogens (primary N) is 1. The Labute approximate surface area is 243 Å². The number of amides is 3. The lowest BCUT2D eigenvalue weighted by molar-refractivity contribution is -0.155. The fraction of sp³-hybridized carbons (Fsp3) is 0.500. The first-order chi connectivity index (χ1) is 19.1. The van der Waals surface area contributed by atoms with Crippen molar-refractivity contribution in [2.45, 2.75) is 83.4 Å². The molecule has 9 nitrogen and oxygen atoms in total. The Balaban J connectivity index is 1.35. The smallest absolute Gasteiger partial charge is 0.306 e. The number of aromatic nitrogens is 1. The van der Waals surface area contributed by atoms with Gasteiger partial charge in [0.15, 0.2) is 0 Å². The van der Waals surface area contributed by atoms with Crippen LogP contribution >= 0.6 is 11.6 Å². The molecule has 0 saturated heterocycles. The van der Waals surface area contributed by atoms with E-state index in [1.807, 2.05) is 19.9 Å². The molecular formula is C30H34ClFN4O5. The summed E-state index contributed by atoms with van der Waals surface area (Å²) in [6, 6.07) is 3.57. The number of carbonyl (C=O) groups is 4. The summed E-state index contributed by atoms with van der Waals surface area (Å²) in [4.78, 5) is 59.0. The van der Waals surface area contributed by atoms with Gasteiger partial charge in [0.1, 0.15) is 23.3 Å². The van der Waals surface area contributed by atoms with Crippen molar-refractivity contribution in [3.63, 3.8) is 0 Å². The van der Waals surface area contributed by atoms with Gasteiger partial charge in [0.05, 0.1) is 10.6 Å². The van der Waals surface area contributed by atoms with Crippen LogP contribution in [0.5, 0.6) is 0 Å². The Hall–Kier alpha value is -3.53. The van der Waals surface area contributed by atoms with E-state index < -0.39 is 35.2 Å². The minimum atomic E-state index is -1.12. The van der Waals surface area contributed by atoms with Crippen molar-refractivity contribution >= 4 is 41.1 Å². The molecular weight excluding hydrogens is 551 g/mol. The number of ether oxygens (including phenoxy) is 1. The summed E-state index contributed by atoms with van der Waals surface area (Å²) in [5.41, 5.74) is 6.55. The number of fused-ring (bicyclic) bond motifs is 2. The topological polar surface area (TPSA) is 123 Å². The first kappa shape index (κ1) is 29.0. The first-order valence-corrected chi connectivity index (χ1v) is 14.1. The maximum atomic E-state index is 15.0.